The minimum Gasteiger partial charge on any atom is -0.299 e. The Morgan fingerprint density at radius 1 is 1.19 bits per heavy atom. The second kappa shape index (κ2) is 4.41. The molecule has 0 saturated carbocycles. The summed E-state index contributed by atoms with van der Waals surface area (Å²) in [6, 6.07) is 6.43. The number of halogens is 2. The Balaban J connectivity index is 2.67. The smallest absolute Gasteiger partial charge is 0.251 e. The fourth-order valence-electron chi connectivity index (χ4n) is 1.30. The minimum atomic E-state index is -0.241. The maximum atomic E-state index is 11.0. The molecule has 0 fully saturated rings. The largest absolute Gasteiger partial charge is 0.299 e. The molecular formula is C10H6Cl2N2OS. The summed E-state index contributed by atoms with van der Waals surface area (Å²) in [7, 11) is 0. The molecule has 0 unspecified atom stereocenters. The first-order valence-corrected chi connectivity index (χ1v) is 5.51. The number of aromatic nitrogens is 2. The highest BCUT2D eigenvalue weighted by Crippen LogP contribution is 2.21. The number of hydrogen-bond acceptors (Lipinski definition) is 2. The molecule has 1 aromatic carbocycles. The summed E-state index contributed by atoms with van der Waals surface area (Å²) in [4.78, 5) is 13.5. The molecule has 3 nitrogen and oxygen atoms in total. The van der Waals surface area contributed by atoms with Crippen LogP contribution in [-0.4, -0.2) is 9.55 Å². The third-order valence-corrected chi connectivity index (χ3v) is 2.68. The summed E-state index contributed by atoms with van der Waals surface area (Å²) in [6.07, 6.45) is 1.57. The molecule has 0 amide bonds. The van der Waals surface area contributed by atoms with Gasteiger partial charge in [-0.2, -0.15) is 0 Å². The van der Waals surface area contributed by atoms with Crippen LogP contribution in [0.15, 0.2) is 35.3 Å². The summed E-state index contributed by atoms with van der Waals surface area (Å²) in [6.45, 7) is 0. The second-order valence-corrected chi connectivity index (χ2v) is 4.37. The Labute approximate surface area is 106 Å². The van der Waals surface area contributed by atoms with Crippen molar-refractivity contribution in [3.8, 4) is 5.69 Å². The first-order chi connectivity index (χ1) is 7.56. The molecule has 1 N–H and O–H groups in total. The van der Waals surface area contributed by atoms with E-state index < -0.39 is 0 Å². The third-order valence-electron chi connectivity index (χ3n) is 1.95. The first-order valence-electron chi connectivity index (χ1n) is 4.35. The zero-order valence-corrected chi connectivity index (χ0v) is 10.2. The zero-order chi connectivity index (χ0) is 11.7. The van der Waals surface area contributed by atoms with Crippen molar-refractivity contribution in [1.82, 2.24) is 9.55 Å². The number of aromatic amines is 1. The molecule has 0 atom stereocenters. The molecule has 16 heavy (non-hydrogen) atoms. The van der Waals surface area contributed by atoms with Crippen molar-refractivity contribution in [3.63, 3.8) is 0 Å². The van der Waals surface area contributed by atoms with Crippen molar-refractivity contribution < 1.29 is 0 Å². The number of nitrogens with zero attached hydrogens (tertiary/aromatic N) is 1. The number of H-pyrrole nitrogens is 1. The van der Waals surface area contributed by atoms with Gasteiger partial charge in [0, 0.05) is 22.3 Å². The van der Waals surface area contributed by atoms with Gasteiger partial charge in [-0.3, -0.25) is 14.3 Å². The predicted octanol–water partition coefficient (Wildman–Crippen LogP) is 3.20. The van der Waals surface area contributed by atoms with Crippen LogP contribution in [0.4, 0.5) is 0 Å². The Bertz CT molecular complexity index is 628. The average Bonchev–Trinajstić information content (AvgIpc) is 2.15. The van der Waals surface area contributed by atoms with E-state index in [1.54, 1.807) is 29.0 Å². The predicted molar refractivity (Wildman–Crippen MR) is 67.2 cm³/mol. The fraction of sp³-hybridized carbons (Fsp3) is 0. The molecule has 0 aliphatic rings. The van der Waals surface area contributed by atoms with Crippen LogP contribution in [0, 0.1) is 4.77 Å². The van der Waals surface area contributed by atoms with Gasteiger partial charge < -0.3 is 0 Å². The van der Waals surface area contributed by atoms with E-state index in [9.17, 15) is 4.79 Å². The quantitative estimate of drug-likeness (QED) is 0.810. The highest BCUT2D eigenvalue weighted by molar-refractivity contribution is 7.71. The summed E-state index contributed by atoms with van der Waals surface area (Å²) in [5, 5.41) is 1.02. The van der Waals surface area contributed by atoms with E-state index in [4.69, 9.17) is 35.4 Å². The van der Waals surface area contributed by atoms with Crippen LogP contribution in [0.5, 0.6) is 0 Å². The van der Waals surface area contributed by atoms with Gasteiger partial charge in [-0.15, -0.1) is 0 Å². The van der Waals surface area contributed by atoms with Crippen molar-refractivity contribution >= 4 is 35.4 Å². The molecule has 1 aromatic heterocycles. The molecule has 0 saturated heterocycles. The van der Waals surface area contributed by atoms with E-state index in [0.717, 1.165) is 0 Å². The van der Waals surface area contributed by atoms with Crippen LogP contribution in [0.25, 0.3) is 5.69 Å². The fourth-order valence-corrected chi connectivity index (χ4v) is 2.08. The minimum absolute atomic E-state index is 0.241. The number of hydrogen-bond donors (Lipinski definition) is 1. The van der Waals surface area contributed by atoms with Crippen LogP contribution >= 0.6 is 35.4 Å². The van der Waals surface area contributed by atoms with E-state index in [2.05, 4.69) is 4.98 Å². The number of nitrogens with one attached hydrogen (secondary N) is 1. The van der Waals surface area contributed by atoms with Gasteiger partial charge >= 0.3 is 0 Å². The Morgan fingerprint density at radius 2 is 1.81 bits per heavy atom. The van der Waals surface area contributed by atoms with Crippen LogP contribution in [0.3, 0.4) is 0 Å². The lowest BCUT2D eigenvalue weighted by molar-refractivity contribution is 0.937. The summed E-state index contributed by atoms with van der Waals surface area (Å²) in [5.41, 5.74) is 0.466. The lowest BCUT2D eigenvalue weighted by Crippen LogP contribution is -2.09. The zero-order valence-electron chi connectivity index (χ0n) is 7.91. The summed E-state index contributed by atoms with van der Waals surface area (Å²) < 4.78 is 1.92. The number of rotatable bonds is 1. The summed E-state index contributed by atoms with van der Waals surface area (Å²) >= 11 is 16.8. The van der Waals surface area contributed by atoms with Gasteiger partial charge in [0.15, 0.2) is 4.77 Å². The van der Waals surface area contributed by atoms with Gasteiger partial charge in [-0.25, -0.2) is 0 Å². The van der Waals surface area contributed by atoms with Gasteiger partial charge in [0.1, 0.15) is 0 Å². The topological polar surface area (TPSA) is 37.8 Å². The highest BCUT2D eigenvalue weighted by Gasteiger charge is 2.01. The van der Waals surface area contributed by atoms with Crippen molar-refractivity contribution in [1.29, 1.82) is 0 Å². The Kier molecular flexibility index (Phi) is 3.14. The van der Waals surface area contributed by atoms with E-state index in [1.165, 1.54) is 6.07 Å². The maximum absolute atomic E-state index is 11.0. The second-order valence-electron chi connectivity index (χ2n) is 3.11. The molecule has 0 spiro atoms. The maximum Gasteiger partial charge on any atom is 0.251 e. The molecular weight excluding hydrogens is 267 g/mol. The molecule has 82 valence electrons. The van der Waals surface area contributed by atoms with Gasteiger partial charge in [-0.1, -0.05) is 23.2 Å². The van der Waals surface area contributed by atoms with Crippen molar-refractivity contribution in [2.75, 3.05) is 0 Å². The van der Waals surface area contributed by atoms with Crippen molar-refractivity contribution in [2.45, 2.75) is 0 Å². The van der Waals surface area contributed by atoms with E-state index in [0.29, 0.717) is 20.5 Å². The van der Waals surface area contributed by atoms with Crippen molar-refractivity contribution in [2.24, 2.45) is 0 Å². The monoisotopic (exact) mass is 272 g/mol. The lowest BCUT2D eigenvalue weighted by atomic mass is 10.3. The van der Waals surface area contributed by atoms with Gasteiger partial charge in [0.2, 0.25) is 0 Å². The Morgan fingerprint density at radius 3 is 2.38 bits per heavy atom. The molecule has 2 rings (SSSR count). The highest BCUT2D eigenvalue weighted by atomic mass is 35.5. The van der Waals surface area contributed by atoms with Crippen LogP contribution in [0.2, 0.25) is 10.0 Å². The van der Waals surface area contributed by atoms with E-state index >= 15 is 0 Å². The lowest BCUT2D eigenvalue weighted by Gasteiger charge is -2.06. The molecule has 1 heterocycles. The third kappa shape index (κ3) is 2.35. The molecule has 0 aliphatic heterocycles. The molecule has 2 aromatic rings. The van der Waals surface area contributed by atoms with Gasteiger partial charge in [0.05, 0.1) is 5.69 Å². The van der Waals surface area contributed by atoms with Gasteiger partial charge in [0.25, 0.3) is 5.56 Å². The SMILES string of the molecule is O=c1ccn(-c2cc(Cl)cc(Cl)c2)c(=S)[nH]1. The number of benzene rings is 1. The van der Waals surface area contributed by atoms with Gasteiger partial charge in [-0.05, 0) is 30.4 Å². The van der Waals surface area contributed by atoms with Crippen LogP contribution < -0.4 is 5.56 Å². The van der Waals surface area contributed by atoms with Crippen molar-refractivity contribution in [3.05, 3.63) is 55.6 Å². The normalized spacial score (nSPS) is 10.4. The molecule has 6 heteroatoms. The molecule has 0 radical (unpaired) electrons. The van der Waals surface area contributed by atoms with E-state index in [-0.39, 0.29) is 5.56 Å². The van der Waals surface area contributed by atoms with Crippen LogP contribution in [0.1, 0.15) is 0 Å². The standard InChI is InChI=1S/C10H6Cl2N2OS/c11-6-3-7(12)5-8(4-6)14-2-1-9(15)13-10(14)16/h1-5H,(H,13,15,16). The first kappa shape index (κ1) is 11.4. The van der Waals surface area contributed by atoms with E-state index in [1.807, 2.05) is 0 Å². The summed E-state index contributed by atoms with van der Waals surface area (Å²) in [5.74, 6) is 0. The van der Waals surface area contributed by atoms with Crippen LogP contribution in [-0.2, 0) is 0 Å². The molecule has 0 bridgehead atoms. The molecule has 0 aliphatic carbocycles. The Hall–Kier alpha value is -1.10. The average molecular weight is 273 g/mol.